The molecule has 1 fully saturated rings. The van der Waals surface area contributed by atoms with Crippen LogP contribution in [0.15, 0.2) is 24.5 Å². The van der Waals surface area contributed by atoms with Crippen LogP contribution in [-0.2, 0) is 16.4 Å². The van der Waals surface area contributed by atoms with E-state index >= 15 is 0 Å². The van der Waals surface area contributed by atoms with Crippen LogP contribution in [0.25, 0.3) is 0 Å². The van der Waals surface area contributed by atoms with Crippen molar-refractivity contribution in [2.75, 3.05) is 5.75 Å². The van der Waals surface area contributed by atoms with Crippen molar-refractivity contribution >= 4 is 10.0 Å². The summed E-state index contributed by atoms with van der Waals surface area (Å²) in [5.74, 6) is 0.0933. The maximum atomic E-state index is 12.0. The first-order valence-electron chi connectivity index (χ1n) is 6.62. The Kier molecular flexibility index (Phi) is 4.90. The van der Waals surface area contributed by atoms with E-state index in [1.807, 2.05) is 12.1 Å². The van der Waals surface area contributed by atoms with Crippen LogP contribution in [-0.4, -0.2) is 36.4 Å². The molecule has 1 aliphatic carbocycles. The number of aromatic nitrogens is 1. The molecule has 1 aromatic heterocycles. The first-order valence-corrected chi connectivity index (χ1v) is 8.27. The van der Waals surface area contributed by atoms with Crippen LogP contribution in [0, 0.1) is 0 Å². The van der Waals surface area contributed by atoms with Crippen molar-refractivity contribution in [1.82, 2.24) is 9.71 Å². The third-order valence-corrected chi connectivity index (χ3v) is 4.89. The van der Waals surface area contributed by atoms with Crippen LogP contribution in [0.1, 0.15) is 31.2 Å². The first kappa shape index (κ1) is 14.4. The molecule has 0 bridgehead atoms. The Bertz CT molecular complexity index is 482. The van der Waals surface area contributed by atoms with Crippen molar-refractivity contribution in [2.45, 2.75) is 44.2 Å². The molecule has 0 amide bonds. The van der Waals surface area contributed by atoms with Gasteiger partial charge in [-0.1, -0.05) is 0 Å². The maximum absolute atomic E-state index is 12.0. The number of aliphatic hydroxyl groups is 1. The van der Waals surface area contributed by atoms with Gasteiger partial charge in [-0.2, -0.15) is 0 Å². The second-order valence-electron chi connectivity index (χ2n) is 5.05. The standard InChI is InChI=1S/C13H20N2O3S/c16-13-3-1-12(2-4-13)15-19(17,18)10-7-11-5-8-14-9-6-11/h5-6,8-9,12-13,15-16H,1-4,7,10H2. The fourth-order valence-electron chi connectivity index (χ4n) is 2.31. The zero-order valence-electron chi connectivity index (χ0n) is 10.8. The molecule has 0 aliphatic heterocycles. The highest BCUT2D eigenvalue weighted by atomic mass is 32.2. The Balaban J connectivity index is 1.82. The lowest BCUT2D eigenvalue weighted by Crippen LogP contribution is -2.40. The molecule has 106 valence electrons. The molecular weight excluding hydrogens is 264 g/mol. The van der Waals surface area contributed by atoms with Crippen LogP contribution in [0.3, 0.4) is 0 Å². The van der Waals surface area contributed by atoms with E-state index in [2.05, 4.69) is 9.71 Å². The molecular formula is C13H20N2O3S. The third-order valence-electron chi connectivity index (χ3n) is 3.45. The van der Waals surface area contributed by atoms with Gasteiger partial charge in [-0.05, 0) is 49.8 Å². The van der Waals surface area contributed by atoms with Crippen molar-refractivity contribution < 1.29 is 13.5 Å². The summed E-state index contributed by atoms with van der Waals surface area (Å²) in [7, 11) is -3.25. The third kappa shape index (κ3) is 4.89. The summed E-state index contributed by atoms with van der Waals surface area (Å²) in [5.41, 5.74) is 0.972. The number of hydrogen-bond donors (Lipinski definition) is 2. The number of aliphatic hydroxyl groups excluding tert-OH is 1. The number of sulfonamides is 1. The summed E-state index contributed by atoms with van der Waals surface area (Å²) in [4.78, 5) is 3.90. The van der Waals surface area contributed by atoms with E-state index in [9.17, 15) is 13.5 Å². The van der Waals surface area contributed by atoms with Gasteiger partial charge in [-0.15, -0.1) is 0 Å². The van der Waals surface area contributed by atoms with Crippen LogP contribution >= 0.6 is 0 Å². The Labute approximate surface area is 114 Å². The quantitative estimate of drug-likeness (QED) is 0.840. The molecule has 0 aromatic carbocycles. The van der Waals surface area contributed by atoms with E-state index in [0.717, 1.165) is 18.4 Å². The van der Waals surface area contributed by atoms with Gasteiger partial charge in [-0.25, -0.2) is 13.1 Å². The zero-order chi connectivity index (χ0) is 13.7. The summed E-state index contributed by atoms with van der Waals surface area (Å²) in [6, 6.07) is 3.63. The topological polar surface area (TPSA) is 79.3 Å². The highest BCUT2D eigenvalue weighted by Gasteiger charge is 2.23. The first-order chi connectivity index (χ1) is 9.05. The van der Waals surface area contributed by atoms with Gasteiger partial charge in [-0.3, -0.25) is 4.98 Å². The molecule has 6 heteroatoms. The normalized spacial score (nSPS) is 24.3. The highest BCUT2D eigenvalue weighted by Crippen LogP contribution is 2.19. The lowest BCUT2D eigenvalue weighted by Gasteiger charge is -2.25. The van der Waals surface area contributed by atoms with Crippen molar-refractivity contribution in [3.8, 4) is 0 Å². The molecule has 1 saturated carbocycles. The van der Waals surface area contributed by atoms with Gasteiger partial charge in [0, 0.05) is 18.4 Å². The smallest absolute Gasteiger partial charge is 0.212 e. The van der Waals surface area contributed by atoms with Crippen molar-refractivity contribution in [3.63, 3.8) is 0 Å². The second-order valence-corrected chi connectivity index (χ2v) is 6.92. The number of nitrogens with zero attached hydrogens (tertiary/aromatic N) is 1. The number of rotatable bonds is 5. The van der Waals surface area contributed by atoms with E-state index in [1.54, 1.807) is 12.4 Å². The fourth-order valence-corrected chi connectivity index (χ4v) is 3.67. The second kappa shape index (κ2) is 6.45. The molecule has 0 saturated heterocycles. The average molecular weight is 284 g/mol. The van der Waals surface area contributed by atoms with Crippen LogP contribution in [0.5, 0.6) is 0 Å². The summed E-state index contributed by atoms with van der Waals surface area (Å²) < 4.78 is 26.7. The minimum Gasteiger partial charge on any atom is -0.393 e. The molecule has 19 heavy (non-hydrogen) atoms. The summed E-state index contributed by atoms with van der Waals surface area (Å²) in [6.07, 6.45) is 6.35. The molecule has 2 N–H and O–H groups in total. The molecule has 0 atom stereocenters. The Morgan fingerprint density at radius 3 is 2.47 bits per heavy atom. The SMILES string of the molecule is O=S(=O)(CCc1ccncc1)NC1CCC(O)CC1. The van der Waals surface area contributed by atoms with Crippen molar-refractivity contribution in [1.29, 1.82) is 0 Å². The van der Waals surface area contributed by atoms with Gasteiger partial charge < -0.3 is 5.11 Å². The molecule has 2 rings (SSSR count). The monoisotopic (exact) mass is 284 g/mol. The van der Waals surface area contributed by atoms with E-state index in [0.29, 0.717) is 19.3 Å². The van der Waals surface area contributed by atoms with Gasteiger partial charge >= 0.3 is 0 Å². The predicted molar refractivity (Wildman–Crippen MR) is 73.1 cm³/mol. The lowest BCUT2D eigenvalue weighted by molar-refractivity contribution is 0.120. The maximum Gasteiger partial charge on any atom is 0.212 e. The number of aryl methyl sites for hydroxylation is 1. The van der Waals surface area contributed by atoms with E-state index in [-0.39, 0.29) is 17.9 Å². The Hall–Kier alpha value is -0.980. The van der Waals surface area contributed by atoms with Gasteiger partial charge in [0.05, 0.1) is 11.9 Å². The summed E-state index contributed by atoms with van der Waals surface area (Å²) in [5, 5.41) is 9.39. The van der Waals surface area contributed by atoms with E-state index in [4.69, 9.17) is 0 Å². The molecule has 5 nitrogen and oxygen atoms in total. The number of pyridine rings is 1. The number of nitrogens with one attached hydrogen (secondary N) is 1. The minimum atomic E-state index is -3.25. The van der Waals surface area contributed by atoms with Crippen LogP contribution < -0.4 is 4.72 Å². The minimum absolute atomic E-state index is 0.0224. The molecule has 1 heterocycles. The fraction of sp³-hybridized carbons (Fsp3) is 0.615. The largest absolute Gasteiger partial charge is 0.393 e. The Morgan fingerprint density at radius 2 is 1.84 bits per heavy atom. The molecule has 0 spiro atoms. The van der Waals surface area contributed by atoms with Gasteiger partial charge in [0.1, 0.15) is 0 Å². The van der Waals surface area contributed by atoms with Crippen molar-refractivity contribution in [2.24, 2.45) is 0 Å². The lowest BCUT2D eigenvalue weighted by atomic mass is 9.94. The summed E-state index contributed by atoms with van der Waals surface area (Å²) >= 11 is 0. The summed E-state index contributed by atoms with van der Waals surface area (Å²) in [6.45, 7) is 0. The van der Waals surface area contributed by atoms with Gasteiger partial charge in [0.2, 0.25) is 10.0 Å². The van der Waals surface area contributed by atoms with Crippen molar-refractivity contribution in [3.05, 3.63) is 30.1 Å². The van der Waals surface area contributed by atoms with Crippen LogP contribution in [0.4, 0.5) is 0 Å². The zero-order valence-corrected chi connectivity index (χ0v) is 11.6. The number of hydrogen-bond acceptors (Lipinski definition) is 4. The van der Waals surface area contributed by atoms with E-state index in [1.165, 1.54) is 0 Å². The molecule has 0 radical (unpaired) electrons. The van der Waals surface area contributed by atoms with Gasteiger partial charge in [0.15, 0.2) is 0 Å². The van der Waals surface area contributed by atoms with E-state index < -0.39 is 10.0 Å². The molecule has 1 aliphatic rings. The molecule has 1 aromatic rings. The predicted octanol–water partition coefficient (Wildman–Crippen LogP) is 0.847. The van der Waals surface area contributed by atoms with Crippen LogP contribution in [0.2, 0.25) is 0 Å². The molecule has 0 unspecified atom stereocenters. The highest BCUT2D eigenvalue weighted by molar-refractivity contribution is 7.89. The van der Waals surface area contributed by atoms with Gasteiger partial charge in [0.25, 0.3) is 0 Å². The Morgan fingerprint density at radius 1 is 1.21 bits per heavy atom. The average Bonchev–Trinajstić information content (AvgIpc) is 2.40.